The predicted molar refractivity (Wildman–Crippen MR) is 123 cm³/mol. The zero-order chi connectivity index (χ0) is 21.3. The number of carbonyl (C=O) groups excluding carboxylic acids is 1. The third kappa shape index (κ3) is 4.10. The van der Waals surface area contributed by atoms with Gasteiger partial charge >= 0.3 is 5.97 Å². The first-order valence-electron chi connectivity index (χ1n) is 9.99. The van der Waals surface area contributed by atoms with Gasteiger partial charge in [0.2, 0.25) is 5.95 Å². The monoisotopic (exact) mass is 443 g/mol. The first kappa shape index (κ1) is 22.6. The molecule has 0 aliphatic carbocycles. The highest BCUT2D eigenvalue weighted by Gasteiger charge is 2.28. The molecule has 3 aromatic rings. The van der Waals surface area contributed by atoms with Crippen LogP contribution in [0.5, 0.6) is 11.5 Å². The SMILES string of the molecule is CCCCN(C)c1ncc(-c2c3c(cc4cc(OC)c(OC)cc24)COC3=O)cn1.Cl. The molecule has 4 rings (SSSR count). The van der Waals surface area contributed by atoms with Crippen LogP contribution in [0.3, 0.4) is 0 Å². The molecule has 31 heavy (non-hydrogen) atoms. The van der Waals surface area contributed by atoms with Crippen molar-refractivity contribution in [2.45, 2.75) is 26.4 Å². The van der Waals surface area contributed by atoms with E-state index in [1.807, 2.05) is 30.1 Å². The van der Waals surface area contributed by atoms with Crippen molar-refractivity contribution in [3.63, 3.8) is 0 Å². The molecule has 0 amide bonds. The van der Waals surface area contributed by atoms with Crippen LogP contribution in [-0.4, -0.2) is 43.7 Å². The number of halogens is 1. The second-order valence-electron chi connectivity index (χ2n) is 7.34. The van der Waals surface area contributed by atoms with E-state index in [0.29, 0.717) is 23.0 Å². The van der Waals surface area contributed by atoms with Gasteiger partial charge in [0.1, 0.15) is 6.61 Å². The van der Waals surface area contributed by atoms with E-state index in [1.165, 1.54) is 0 Å². The minimum absolute atomic E-state index is 0. The molecule has 0 atom stereocenters. The first-order chi connectivity index (χ1) is 14.6. The predicted octanol–water partition coefficient (Wildman–Crippen LogP) is 4.64. The largest absolute Gasteiger partial charge is 0.493 e. The second-order valence-corrected chi connectivity index (χ2v) is 7.34. The Morgan fingerprint density at radius 2 is 1.74 bits per heavy atom. The van der Waals surface area contributed by atoms with Crippen LogP contribution in [0.15, 0.2) is 30.6 Å². The van der Waals surface area contributed by atoms with Gasteiger partial charge in [0.05, 0.1) is 19.8 Å². The Morgan fingerprint density at radius 1 is 1.06 bits per heavy atom. The number of hydrogen-bond donors (Lipinski definition) is 0. The van der Waals surface area contributed by atoms with E-state index in [0.717, 1.165) is 46.8 Å². The molecule has 2 aromatic carbocycles. The Bertz CT molecular complexity index is 1100. The van der Waals surface area contributed by atoms with Crippen molar-refractivity contribution in [1.29, 1.82) is 0 Å². The van der Waals surface area contributed by atoms with E-state index < -0.39 is 0 Å². The van der Waals surface area contributed by atoms with Gasteiger partial charge in [0, 0.05) is 42.7 Å². The minimum atomic E-state index is -0.333. The molecular formula is C23H26ClN3O4. The van der Waals surface area contributed by atoms with Crippen LogP contribution in [0.4, 0.5) is 5.95 Å². The molecule has 164 valence electrons. The molecule has 1 aliphatic heterocycles. The maximum Gasteiger partial charge on any atom is 0.339 e. The van der Waals surface area contributed by atoms with Gasteiger partial charge in [-0.15, -0.1) is 12.4 Å². The molecule has 0 saturated carbocycles. The number of ether oxygens (including phenoxy) is 3. The van der Waals surface area contributed by atoms with Gasteiger partial charge in [0.15, 0.2) is 11.5 Å². The van der Waals surface area contributed by atoms with Gasteiger partial charge in [-0.1, -0.05) is 13.3 Å². The topological polar surface area (TPSA) is 73.8 Å². The molecule has 7 nitrogen and oxygen atoms in total. The molecule has 0 bridgehead atoms. The summed E-state index contributed by atoms with van der Waals surface area (Å²) in [4.78, 5) is 23.7. The highest BCUT2D eigenvalue weighted by Crippen LogP contribution is 2.42. The number of fused-ring (bicyclic) bond motifs is 2. The Balaban J connectivity index is 0.00000272. The number of unbranched alkanes of at least 4 members (excludes halogenated alkanes) is 1. The van der Waals surface area contributed by atoms with Crippen molar-refractivity contribution < 1.29 is 19.0 Å². The van der Waals surface area contributed by atoms with Gasteiger partial charge in [-0.3, -0.25) is 0 Å². The summed E-state index contributed by atoms with van der Waals surface area (Å²) in [6.45, 7) is 3.30. The Hall–Kier alpha value is -3.06. The summed E-state index contributed by atoms with van der Waals surface area (Å²) in [7, 11) is 5.18. The van der Waals surface area contributed by atoms with Crippen LogP contribution < -0.4 is 14.4 Å². The highest BCUT2D eigenvalue weighted by molar-refractivity contribution is 6.11. The van der Waals surface area contributed by atoms with Gasteiger partial charge in [-0.05, 0) is 35.4 Å². The summed E-state index contributed by atoms with van der Waals surface area (Å²) in [6, 6.07) is 5.76. The number of cyclic esters (lactones) is 1. The molecular weight excluding hydrogens is 418 g/mol. The highest BCUT2D eigenvalue weighted by atomic mass is 35.5. The molecule has 0 saturated heterocycles. The Labute approximate surface area is 187 Å². The van der Waals surface area contributed by atoms with Crippen LogP contribution in [0, 0.1) is 0 Å². The maximum atomic E-state index is 12.5. The van der Waals surface area contributed by atoms with Crippen molar-refractivity contribution in [3.05, 3.63) is 41.7 Å². The quantitative estimate of drug-likeness (QED) is 0.492. The number of anilines is 1. The third-order valence-electron chi connectivity index (χ3n) is 5.40. The van der Waals surface area contributed by atoms with Crippen molar-refractivity contribution in [2.75, 3.05) is 32.7 Å². The fraction of sp³-hybridized carbons (Fsp3) is 0.348. The van der Waals surface area contributed by atoms with E-state index in [4.69, 9.17) is 14.2 Å². The van der Waals surface area contributed by atoms with Crippen LogP contribution in [-0.2, 0) is 11.3 Å². The number of methoxy groups -OCH3 is 2. The number of rotatable bonds is 7. The smallest absolute Gasteiger partial charge is 0.339 e. The zero-order valence-corrected chi connectivity index (χ0v) is 18.9. The fourth-order valence-electron chi connectivity index (χ4n) is 3.79. The van der Waals surface area contributed by atoms with Gasteiger partial charge < -0.3 is 19.1 Å². The summed E-state index contributed by atoms with van der Waals surface area (Å²) in [5.41, 5.74) is 2.92. The van der Waals surface area contributed by atoms with E-state index >= 15 is 0 Å². The molecule has 0 N–H and O–H groups in total. The Morgan fingerprint density at radius 3 is 2.39 bits per heavy atom. The van der Waals surface area contributed by atoms with Gasteiger partial charge in [-0.2, -0.15) is 0 Å². The molecule has 2 heterocycles. The first-order valence-corrected chi connectivity index (χ1v) is 9.99. The lowest BCUT2D eigenvalue weighted by Gasteiger charge is -2.17. The summed E-state index contributed by atoms with van der Waals surface area (Å²) in [5, 5.41) is 1.80. The Kier molecular flexibility index (Phi) is 6.85. The standard InChI is InChI=1S/C23H25N3O4.ClH/c1-5-6-7-26(2)23-24-11-16(12-25-23)20-17-10-19(29-4)18(28-3)9-14(17)8-15-13-30-22(27)21(15)20;/h8-12H,5-7,13H2,1-4H3;1H. The normalized spacial score (nSPS) is 12.2. The number of hydrogen-bond acceptors (Lipinski definition) is 7. The summed E-state index contributed by atoms with van der Waals surface area (Å²) in [5.74, 6) is 1.55. The summed E-state index contributed by atoms with van der Waals surface area (Å²) in [6.07, 6.45) is 5.72. The summed E-state index contributed by atoms with van der Waals surface area (Å²) >= 11 is 0. The van der Waals surface area contributed by atoms with Crippen LogP contribution in [0.25, 0.3) is 21.9 Å². The average molecular weight is 444 g/mol. The fourth-order valence-corrected chi connectivity index (χ4v) is 3.79. The van der Waals surface area contributed by atoms with E-state index in [9.17, 15) is 4.79 Å². The molecule has 1 aromatic heterocycles. The lowest BCUT2D eigenvalue weighted by molar-refractivity contribution is 0.0535. The number of carbonyl (C=O) groups is 1. The molecule has 0 fully saturated rings. The molecule has 8 heteroatoms. The summed E-state index contributed by atoms with van der Waals surface area (Å²) < 4.78 is 16.3. The van der Waals surface area contributed by atoms with Gasteiger partial charge in [-0.25, -0.2) is 14.8 Å². The van der Waals surface area contributed by atoms with Crippen molar-refractivity contribution in [1.82, 2.24) is 9.97 Å². The van der Waals surface area contributed by atoms with E-state index in [1.54, 1.807) is 26.6 Å². The molecule has 0 spiro atoms. The van der Waals surface area contributed by atoms with Crippen molar-refractivity contribution in [2.24, 2.45) is 0 Å². The van der Waals surface area contributed by atoms with E-state index in [-0.39, 0.29) is 25.0 Å². The van der Waals surface area contributed by atoms with Crippen LogP contribution >= 0.6 is 12.4 Å². The maximum absolute atomic E-state index is 12.5. The molecule has 0 unspecified atom stereocenters. The molecule has 0 radical (unpaired) electrons. The van der Waals surface area contributed by atoms with Crippen molar-refractivity contribution >= 4 is 35.1 Å². The van der Waals surface area contributed by atoms with Crippen LogP contribution in [0.2, 0.25) is 0 Å². The number of esters is 1. The average Bonchev–Trinajstić information content (AvgIpc) is 3.15. The zero-order valence-electron chi connectivity index (χ0n) is 18.1. The van der Waals surface area contributed by atoms with E-state index in [2.05, 4.69) is 16.9 Å². The lowest BCUT2D eigenvalue weighted by Crippen LogP contribution is -2.20. The van der Waals surface area contributed by atoms with Crippen molar-refractivity contribution in [3.8, 4) is 22.6 Å². The third-order valence-corrected chi connectivity index (χ3v) is 5.40. The number of aromatic nitrogens is 2. The van der Waals surface area contributed by atoms with Crippen LogP contribution in [0.1, 0.15) is 35.7 Å². The number of nitrogens with zero attached hydrogens (tertiary/aromatic N) is 3. The lowest BCUT2D eigenvalue weighted by atomic mass is 9.91. The second kappa shape index (κ2) is 9.39. The number of benzene rings is 2. The molecule has 1 aliphatic rings. The minimum Gasteiger partial charge on any atom is -0.493 e. The van der Waals surface area contributed by atoms with Gasteiger partial charge in [0.25, 0.3) is 0 Å².